The van der Waals surface area contributed by atoms with Crippen molar-refractivity contribution in [3.63, 3.8) is 0 Å². The summed E-state index contributed by atoms with van der Waals surface area (Å²) in [6, 6.07) is 8.60. The van der Waals surface area contributed by atoms with E-state index >= 15 is 0 Å². The molecule has 1 aromatic rings. The molecule has 19 heavy (non-hydrogen) atoms. The van der Waals surface area contributed by atoms with Crippen LogP contribution in [0.15, 0.2) is 24.3 Å². The van der Waals surface area contributed by atoms with Gasteiger partial charge in [-0.3, -0.25) is 4.90 Å². The first-order chi connectivity index (χ1) is 9.18. The maximum absolute atomic E-state index is 6.71. The van der Waals surface area contributed by atoms with Crippen molar-refractivity contribution in [1.82, 2.24) is 4.90 Å². The number of rotatable bonds is 1. The number of nitrogens with zero attached hydrogens (tertiary/aromatic N) is 1. The number of morpholine rings is 1. The van der Waals surface area contributed by atoms with E-state index < -0.39 is 4.33 Å². The maximum Gasteiger partial charge on any atom is 0.145 e. The molecule has 1 aliphatic heterocycles. The van der Waals surface area contributed by atoms with Crippen LogP contribution in [-0.4, -0.2) is 41.1 Å². The van der Waals surface area contributed by atoms with Gasteiger partial charge in [-0.1, -0.05) is 47.5 Å². The van der Waals surface area contributed by atoms with Gasteiger partial charge in [0.25, 0.3) is 0 Å². The standard InChI is InChI=1S/C15H17Cl2NO/c16-15(17)13-12-4-2-1-3-11(12)5-6-14(13,15)18-7-9-19-10-8-18/h1-4,13H,5-10H2. The zero-order chi connectivity index (χ0) is 13.1. The third-order valence-electron chi connectivity index (χ3n) is 5.05. The van der Waals surface area contributed by atoms with Crippen LogP contribution in [0.4, 0.5) is 0 Å². The molecule has 0 radical (unpaired) electrons. The van der Waals surface area contributed by atoms with Crippen molar-refractivity contribution >= 4 is 23.2 Å². The number of fused-ring (bicyclic) bond motifs is 3. The Morgan fingerprint density at radius 3 is 2.68 bits per heavy atom. The van der Waals surface area contributed by atoms with Crippen molar-refractivity contribution in [1.29, 1.82) is 0 Å². The quantitative estimate of drug-likeness (QED) is 0.739. The number of alkyl halides is 2. The van der Waals surface area contributed by atoms with Crippen molar-refractivity contribution in [2.24, 2.45) is 0 Å². The summed E-state index contributed by atoms with van der Waals surface area (Å²) in [4.78, 5) is 2.47. The Bertz CT molecular complexity index is 513. The van der Waals surface area contributed by atoms with Crippen molar-refractivity contribution < 1.29 is 4.74 Å². The largest absolute Gasteiger partial charge is 0.379 e. The molecule has 4 rings (SSSR count). The minimum atomic E-state index is -0.642. The summed E-state index contributed by atoms with van der Waals surface area (Å²) in [5.41, 5.74) is 2.71. The molecule has 2 nitrogen and oxygen atoms in total. The van der Waals surface area contributed by atoms with Gasteiger partial charge >= 0.3 is 0 Å². The van der Waals surface area contributed by atoms with Crippen LogP contribution in [0.1, 0.15) is 23.5 Å². The van der Waals surface area contributed by atoms with Crippen LogP contribution in [0.3, 0.4) is 0 Å². The topological polar surface area (TPSA) is 12.5 Å². The highest BCUT2D eigenvalue weighted by atomic mass is 35.5. The molecule has 0 amide bonds. The summed E-state index contributed by atoms with van der Waals surface area (Å²) in [5, 5.41) is 0. The second-order valence-corrected chi connectivity index (χ2v) is 7.16. The smallest absolute Gasteiger partial charge is 0.145 e. The normalized spacial score (nSPS) is 36.4. The van der Waals surface area contributed by atoms with Crippen LogP contribution in [0, 0.1) is 0 Å². The lowest BCUT2D eigenvalue weighted by Crippen LogP contribution is -2.49. The molecule has 102 valence electrons. The second kappa shape index (κ2) is 4.11. The van der Waals surface area contributed by atoms with E-state index in [1.54, 1.807) is 0 Å². The van der Waals surface area contributed by atoms with Gasteiger partial charge in [0.2, 0.25) is 0 Å². The summed E-state index contributed by atoms with van der Waals surface area (Å²) in [5.74, 6) is 0.256. The summed E-state index contributed by atoms with van der Waals surface area (Å²) in [6.45, 7) is 3.47. The van der Waals surface area contributed by atoms with Gasteiger partial charge in [-0.05, 0) is 24.0 Å². The molecular weight excluding hydrogens is 281 g/mol. The summed E-state index contributed by atoms with van der Waals surface area (Å²) in [7, 11) is 0. The van der Waals surface area contributed by atoms with Crippen molar-refractivity contribution in [3.05, 3.63) is 35.4 Å². The predicted molar refractivity (Wildman–Crippen MR) is 77.1 cm³/mol. The zero-order valence-corrected chi connectivity index (χ0v) is 12.3. The number of benzene rings is 1. The average molecular weight is 298 g/mol. The molecule has 1 saturated carbocycles. The maximum atomic E-state index is 6.71. The van der Waals surface area contributed by atoms with E-state index in [0.717, 1.165) is 39.1 Å². The molecule has 0 bridgehead atoms. The molecule has 3 aliphatic rings. The van der Waals surface area contributed by atoms with Crippen LogP contribution < -0.4 is 0 Å². The van der Waals surface area contributed by atoms with Crippen LogP contribution in [0.5, 0.6) is 0 Å². The zero-order valence-electron chi connectivity index (χ0n) is 10.7. The first-order valence-corrected chi connectivity index (χ1v) is 7.72. The molecule has 2 fully saturated rings. The van der Waals surface area contributed by atoms with E-state index in [9.17, 15) is 0 Å². The Labute approximate surface area is 123 Å². The van der Waals surface area contributed by atoms with E-state index in [0.29, 0.717) is 0 Å². The molecule has 0 aromatic heterocycles. The average Bonchev–Trinajstić information content (AvgIpc) is 2.98. The van der Waals surface area contributed by atoms with Gasteiger partial charge in [0.05, 0.1) is 18.8 Å². The number of hydrogen-bond acceptors (Lipinski definition) is 2. The Kier molecular flexibility index (Phi) is 2.69. The Morgan fingerprint density at radius 1 is 1.16 bits per heavy atom. The number of hydrogen-bond donors (Lipinski definition) is 0. The Hall–Kier alpha value is -0.280. The fourth-order valence-electron chi connectivity index (χ4n) is 4.09. The molecule has 1 aromatic carbocycles. The van der Waals surface area contributed by atoms with Gasteiger partial charge in [0.15, 0.2) is 0 Å². The van der Waals surface area contributed by atoms with Crippen molar-refractivity contribution in [2.75, 3.05) is 26.3 Å². The monoisotopic (exact) mass is 297 g/mol. The van der Waals surface area contributed by atoms with E-state index in [1.807, 2.05) is 0 Å². The van der Waals surface area contributed by atoms with Gasteiger partial charge in [-0.25, -0.2) is 0 Å². The number of halogens is 2. The second-order valence-electron chi connectivity index (χ2n) is 5.78. The summed E-state index contributed by atoms with van der Waals surface area (Å²) >= 11 is 13.4. The van der Waals surface area contributed by atoms with Crippen molar-refractivity contribution in [3.8, 4) is 0 Å². The van der Waals surface area contributed by atoms with Crippen LogP contribution in [-0.2, 0) is 11.2 Å². The minimum absolute atomic E-state index is 0.0613. The minimum Gasteiger partial charge on any atom is -0.379 e. The molecule has 2 unspecified atom stereocenters. The third-order valence-corrected chi connectivity index (χ3v) is 6.14. The first-order valence-electron chi connectivity index (χ1n) is 6.96. The Morgan fingerprint density at radius 2 is 1.89 bits per heavy atom. The van der Waals surface area contributed by atoms with E-state index in [4.69, 9.17) is 27.9 Å². The lowest BCUT2D eigenvalue weighted by Gasteiger charge is -2.38. The molecule has 0 spiro atoms. The Balaban J connectivity index is 1.75. The SMILES string of the molecule is ClC1(Cl)C2c3ccccc3CCC21N1CCOCC1. The highest BCUT2D eigenvalue weighted by Crippen LogP contribution is 2.74. The predicted octanol–water partition coefficient (Wildman–Crippen LogP) is 2.97. The highest BCUT2D eigenvalue weighted by molar-refractivity contribution is 6.53. The first kappa shape index (κ1) is 12.5. The molecule has 1 heterocycles. The fourth-order valence-corrected chi connectivity index (χ4v) is 5.22. The molecule has 2 atom stereocenters. The van der Waals surface area contributed by atoms with Crippen LogP contribution in [0.2, 0.25) is 0 Å². The van der Waals surface area contributed by atoms with Crippen LogP contribution in [0.25, 0.3) is 0 Å². The highest BCUT2D eigenvalue weighted by Gasteiger charge is 2.79. The molecule has 1 saturated heterocycles. The van der Waals surface area contributed by atoms with Gasteiger partial charge < -0.3 is 4.74 Å². The summed E-state index contributed by atoms with van der Waals surface area (Å²) < 4.78 is 4.82. The summed E-state index contributed by atoms with van der Waals surface area (Å²) in [6.07, 6.45) is 2.13. The number of aryl methyl sites for hydroxylation is 1. The van der Waals surface area contributed by atoms with E-state index in [-0.39, 0.29) is 11.5 Å². The van der Waals surface area contributed by atoms with Crippen molar-refractivity contribution in [2.45, 2.75) is 28.6 Å². The third kappa shape index (κ3) is 1.52. The van der Waals surface area contributed by atoms with Crippen LogP contribution >= 0.6 is 23.2 Å². The van der Waals surface area contributed by atoms with Gasteiger partial charge in [-0.2, -0.15) is 0 Å². The van der Waals surface area contributed by atoms with Gasteiger partial charge in [0.1, 0.15) is 4.33 Å². The van der Waals surface area contributed by atoms with E-state index in [2.05, 4.69) is 29.2 Å². The molecule has 0 N–H and O–H groups in total. The van der Waals surface area contributed by atoms with Gasteiger partial charge in [0, 0.05) is 19.0 Å². The lowest BCUT2D eigenvalue weighted by atomic mass is 9.87. The molecule has 2 aliphatic carbocycles. The molecular formula is C15H17Cl2NO. The number of ether oxygens (including phenoxy) is 1. The fraction of sp³-hybridized carbons (Fsp3) is 0.600. The lowest BCUT2D eigenvalue weighted by molar-refractivity contribution is 0.00416. The van der Waals surface area contributed by atoms with Gasteiger partial charge in [-0.15, -0.1) is 0 Å². The molecule has 4 heteroatoms. The van der Waals surface area contributed by atoms with E-state index in [1.165, 1.54) is 11.1 Å².